The van der Waals surface area contributed by atoms with E-state index in [0.717, 1.165) is 8.20 Å². The monoisotopic (exact) mass is 72.0 g/mol. The van der Waals surface area contributed by atoms with Crippen LogP contribution in [-0.2, 0) is 0 Å². The molecule has 0 aliphatic heterocycles. The third-order valence-electron chi connectivity index (χ3n) is 0.158. The lowest BCUT2D eigenvalue weighted by Crippen LogP contribution is -1.16. The van der Waals surface area contributed by atoms with Gasteiger partial charge in [0.05, 0.1) is 0 Å². The van der Waals surface area contributed by atoms with Crippen LogP contribution in [0.5, 0.6) is 0 Å². The molecule has 0 saturated heterocycles. The third-order valence-corrected chi connectivity index (χ3v) is 0.474. The van der Waals surface area contributed by atoms with E-state index in [9.17, 15) is 0 Å². The molecular formula is C3H5P. The Morgan fingerprint density at radius 1 is 2.00 bits per heavy atom. The Balaban J connectivity index is 3.11. The minimum absolute atomic E-state index is 1.14. The second-order valence-electron chi connectivity index (χ2n) is 0.382. The molecule has 0 unspecified atom stereocenters. The standard InChI is InChI=1S/C3H5P/c1-3-4-2/h1H2,2H3. The fraction of sp³-hybridized carbons (Fsp3) is 0.333. The fourth-order valence-corrected chi connectivity index (χ4v) is 0. The Labute approximate surface area is 28.0 Å². The van der Waals surface area contributed by atoms with Crippen LogP contribution in [0.25, 0.3) is 0 Å². The number of rotatable bonds is 0. The van der Waals surface area contributed by atoms with Crippen molar-refractivity contribution < 1.29 is 0 Å². The highest BCUT2D eigenvalue weighted by Crippen LogP contribution is 1.69. The highest BCUT2D eigenvalue weighted by Gasteiger charge is 1.25. The topological polar surface area (TPSA) is 0 Å². The Hall–Kier alpha value is -0.0500. The van der Waals surface area contributed by atoms with E-state index in [1.54, 1.807) is 0 Å². The van der Waals surface area contributed by atoms with Gasteiger partial charge in [-0.3, -0.25) is 0 Å². The SMILES string of the molecule is C=C=PC. The van der Waals surface area contributed by atoms with Crippen LogP contribution < -0.4 is 0 Å². The maximum absolute atomic E-state index is 3.34. The molecule has 0 fully saturated rings. The molecule has 22 valence electrons. The molecule has 0 N–H and O–H groups in total. The largest absolute Gasteiger partial charge is 0.102 e. The Bertz CT molecular complexity index is 41.2. The van der Waals surface area contributed by atoms with Crippen molar-refractivity contribution in [1.29, 1.82) is 0 Å². The molecular weight excluding hydrogens is 67.0 g/mol. The first-order valence-electron chi connectivity index (χ1n) is 1.02. The van der Waals surface area contributed by atoms with Crippen molar-refractivity contribution in [2.45, 2.75) is 0 Å². The van der Waals surface area contributed by atoms with Gasteiger partial charge in [-0.05, 0) is 6.66 Å². The van der Waals surface area contributed by atoms with Crippen molar-refractivity contribution in [2.75, 3.05) is 6.66 Å². The first-order valence-corrected chi connectivity index (χ1v) is 2.37. The second-order valence-corrected chi connectivity index (χ2v) is 1.15. The summed E-state index contributed by atoms with van der Waals surface area (Å²) in [6.07, 6.45) is 0. The lowest BCUT2D eigenvalue weighted by atomic mass is 11.3. The molecule has 1 heteroatoms. The summed E-state index contributed by atoms with van der Waals surface area (Å²) in [5.74, 6) is 0. The van der Waals surface area contributed by atoms with Crippen LogP contribution in [0, 0.1) is 0 Å². The fourth-order valence-electron chi connectivity index (χ4n) is 0. The van der Waals surface area contributed by atoms with Crippen molar-refractivity contribution in [3.63, 3.8) is 0 Å². The molecule has 0 spiro atoms. The van der Waals surface area contributed by atoms with Crippen molar-refractivity contribution in [3.05, 3.63) is 6.58 Å². The quantitative estimate of drug-likeness (QED) is 0.376. The molecule has 0 radical (unpaired) electrons. The minimum Gasteiger partial charge on any atom is -0.102 e. The van der Waals surface area contributed by atoms with Gasteiger partial charge < -0.3 is 0 Å². The zero-order valence-electron chi connectivity index (χ0n) is 2.65. The number of hydrogen-bond donors (Lipinski definition) is 0. The summed E-state index contributed by atoms with van der Waals surface area (Å²) >= 11 is 0. The van der Waals surface area contributed by atoms with Crippen molar-refractivity contribution in [3.8, 4) is 0 Å². The molecule has 0 atom stereocenters. The third kappa shape index (κ3) is 1.95. The summed E-state index contributed by atoms with van der Waals surface area (Å²) in [5, 5.41) is 0. The normalized spacial score (nSPS) is 6.25. The van der Waals surface area contributed by atoms with Crippen LogP contribution >= 0.6 is 8.20 Å². The van der Waals surface area contributed by atoms with Crippen molar-refractivity contribution in [1.82, 2.24) is 0 Å². The lowest BCUT2D eigenvalue weighted by Gasteiger charge is -1.36. The first kappa shape index (κ1) is 3.95. The van der Waals surface area contributed by atoms with Gasteiger partial charge in [0.1, 0.15) is 0 Å². The van der Waals surface area contributed by atoms with Gasteiger partial charge >= 0.3 is 0 Å². The van der Waals surface area contributed by atoms with Crippen LogP contribution in [0.1, 0.15) is 0 Å². The van der Waals surface area contributed by atoms with Crippen LogP contribution in [0.15, 0.2) is 6.58 Å². The molecule has 0 rings (SSSR count). The van der Waals surface area contributed by atoms with Crippen LogP contribution in [0.3, 0.4) is 0 Å². The minimum atomic E-state index is 1.14. The maximum atomic E-state index is 3.34. The van der Waals surface area contributed by atoms with Gasteiger partial charge in [0.15, 0.2) is 0 Å². The summed E-state index contributed by atoms with van der Waals surface area (Å²) in [7, 11) is 1.14. The molecule has 0 nitrogen and oxygen atoms in total. The average molecular weight is 72.0 g/mol. The van der Waals surface area contributed by atoms with Gasteiger partial charge in [0.25, 0.3) is 0 Å². The maximum Gasteiger partial charge on any atom is -0.0148 e. The molecule has 4 heavy (non-hydrogen) atoms. The molecule has 0 heterocycles. The van der Waals surface area contributed by atoms with Gasteiger partial charge in [0.2, 0.25) is 0 Å². The molecule has 0 aromatic carbocycles. The molecule has 0 aliphatic rings. The summed E-state index contributed by atoms with van der Waals surface area (Å²) in [6.45, 7) is 5.32. The van der Waals surface area contributed by atoms with Gasteiger partial charge in [-0.25, -0.2) is 0 Å². The van der Waals surface area contributed by atoms with Crippen molar-refractivity contribution in [2.24, 2.45) is 0 Å². The smallest absolute Gasteiger partial charge is 0.0148 e. The predicted octanol–water partition coefficient (Wildman–Crippen LogP) is 1.15. The molecule has 0 aromatic heterocycles. The average Bonchev–Trinajstić information content (AvgIpc) is 1.37. The molecule has 0 aliphatic carbocycles. The van der Waals surface area contributed by atoms with E-state index in [-0.39, 0.29) is 0 Å². The summed E-state index contributed by atoms with van der Waals surface area (Å²) in [5.41, 5.74) is 2.65. The molecule has 0 bridgehead atoms. The van der Waals surface area contributed by atoms with E-state index < -0.39 is 0 Å². The van der Waals surface area contributed by atoms with E-state index in [0.29, 0.717) is 0 Å². The predicted molar refractivity (Wildman–Crippen MR) is 23.5 cm³/mol. The van der Waals surface area contributed by atoms with Crippen LogP contribution in [0.4, 0.5) is 0 Å². The van der Waals surface area contributed by atoms with Crippen molar-refractivity contribution >= 4 is 13.7 Å². The van der Waals surface area contributed by atoms with E-state index in [1.807, 2.05) is 6.66 Å². The summed E-state index contributed by atoms with van der Waals surface area (Å²) < 4.78 is 0. The lowest BCUT2D eigenvalue weighted by molar-refractivity contribution is 2.51. The highest BCUT2D eigenvalue weighted by atomic mass is 31.1. The van der Waals surface area contributed by atoms with Crippen LogP contribution in [0.2, 0.25) is 0 Å². The van der Waals surface area contributed by atoms with E-state index in [1.165, 1.54) is 0 Å². The van der Waals surface area contributed by atoms with Gasteiger partial charge in [-0.1, -0.05) is 14.8 Å². The van der Waals surface area contributed by atoms with Crippen LogP contribution in [-0.4, -0.2) is 12.1 Å². The molecule has 0 aromatic rings. The summed E-state index contributed by atoms with van der Waals surface area (Å²) in [4.78, 5) is 0. The van der Waals surface area contributed by atoms with Gasteiger partial charge in [0, 0.05) is 0 Å². The Morgan fingerprint density at radius 2 is 2.25 bits per heavy atom. The summed E-state index contributed by atoms with van der Waals surface area (Å²) in [6, 6.07) is 0. The van der Waals surface area contributed by atoms with E-state index in [4.69, 9.17) is 0 Å². The second kappa shape index (κ2) is 2.95. The van der Waals surface area contributed by atoms with E-state index in [2.05, 4.69) is 12.0 Å². The molecule has 0 amide bonds. The zero-order valence-corrected chi connectivity index (χ0v) is 3.55. The number of hydrogen-bond acceptors (Lipinski definition) is 0. The Kier molecular flexibility index (Phi) is 2.91. The Morgan fingerprint density at radius 3 is 2.25 bits per heavy atom. The molecule has 0 saturated carbocycles. The first-order chi connectivity index (χ1) is 1.91. The highest BCUT2D eigenvalue weighted by molar-refractivity contribution is 7.36. The van der Waals surface area contributed by atoms with E-state index >= 15 is 0 Å². The van der Waals surface area contributed by atoms with Gasteiger partial charge in [-0.15, -0.1) is 5.45 Å². The van der Waals surface area contributed by atoms with Gasteiger partial charge in [-0.2, -0.15) is 0 Å². The zero-order chi connectivity index (χ0) is 3.41.